The number of thioether (sulfide) groups is 1. The minimum atomic E-state index is 0.203. The molecule has 0 aliphatic carbocycles. The van der Waals surface area contributed by atoms with Crippen LogP contribution in [0.5, 0.6) is 0 Å². The van der Waals surface area contributed by atoms with Gasteiger partial charge in [0.25, 0.3) is 0 Å². The summed E-state index contributed by atoms with van der Waals surface area (Å²) >= 11 is 1.73. The van der Waals surface area contributed by atoms with E-state index in [1.165, 1.54) is 10.5 Å². The third-order valence-electron chi connectivity index (χ3n) is 5.26. The number of nitrogens with zero attached hydrogens (tertiary/aromatic N) is 4. The van der Waals surface area contributed by atoms with Crippen molar-refractivity contribution in [2.75, 3.05) is 19.3 Å². The second-order valence-electron chi connectivity index (χ2n) is 7.08. The molecule has 28 heavy (non-hydrogen) atoms. The van der Waals surface area contributed by atoms with Crippen LogP contribution in [0.15, 0.2) is 65.7 Å². The van der Waals surface area contributed by atoms with Crippen molar-refractivity contribution in [3.05, 3.63) is 66.4 Å². The molecule has 0 bridgehead atoms. The van der Waals surface area contributed by atoms with E-state index in [9.17, 15) is 4.79 Å². The lowest BCUT2D eigenvalue weighted by Gasteiger charge is -2.16. The Hall–Kier alpha value is -2.60. The Kier molecular flexibility index (Phi) is 5.76. The molecule has 0 radical (unpaired) electrons. The maximum absolute atomic E-state index is 12.6. The van der Waals surface area contributed by atoms with Gasteiger partial charge in [0.2, 0.25) is 5.91 Å². The normalized spacial score (nSPS) is 16.5. The van der Waals surface area contributed by atoms with Crippen molar-refractivity contribution in [1.82, 2.24) is 19.9 Å². The van der Waals surface area contributed by atoms with Crippen molar-refractivity contribution < 1.29 is 4.79 Å². The minimum absolute atomic E-state index is 0.203. The first-order valence-corrected chi connectivity index (χ1v) is 10.8. The number of likely N-dealkylation sites (tertiary alicyclic amines) is 1. The van der Waals surface area contributed by atoms with Gasteiger partial charge in [0.1, 0.15) is 5.69 Å². The van der Waals surface area contributed by atoms with Crippen LogP contribution >= 0.6 is 11.8 Å². The van der Waals surface area contributed by atoms with E-state index in [0.29, 0.717) is 13.0 Å². The van der Waals surface area contributed by atoms with Gasteiger partial charge in [-0.05, 0) is 36.8 Å². The predicted molar refractivity (Wildman–Crippen MR) is 112 cm³/mol. The van der Waals surface area contributed by atoms with Crippen molar-refractivity contribution in [3.8, 4) is 11.3 Å². The van der Waals surface area contributed by atoms with Crippen LogP contribution in [-0.4, -0.2) is 45.1 Å². The summed E-state index contributed by atoms with van der Waals surface area (Å²) in [5.74, 6) is 0.222. The van der Waals surface area contributed by atoms with Crippen LogP contribution in [0.4, 0.5) is 0 Å². The topological polar surface area (TPSA) is 51.0 Å². The number of carbonyl (C=O) groups is 1. The lowest BCUT2D eigenvalue weighted by Crippen LogP contribution is -2.29. The molecule has 1 fully saturated rings. The zero-order valence-electron chi connectivity index (χ0n) is 16.0. The van der Waals surface area contributed by atoms with E-state index in [4.69, 9.17) is 0 Å². The molecule has 0 unspecified atom stereocenters. The molecular weight excluding hydrogens is 368 g/mol. The molecule has 1 aliphatic rings. The third-order valence-corrected chi connectivity index (χ3v) is 6.00. The van der Waals surface area contributed by atoms with E-state index in [1.807, 2.05) is 46.1 Å². The fourth-order valence-corrected chi connectivity index (χ4v) is 3.99. The van der Waals surface area contributed by atoms with Crippen molar-refractivity contribution in [2.45, 2.75) is 30.2 Å². The molecule has 1 saturated heterocycles. The summed E-state index contributed by atoms with van der Waals surface area (Å²) in [6.45, 7) is 1.50. The Bertz CT molecular complexity index is 923. The number of hydrogen-bond donors (Lipinski definition) is 0. The molecule has 1 atom stereocenters. The summed E-state index contributed by atoms with van der Waals surface area (Å²) in [7, 11) is 0. The van der Waals surface area contributed by atoms with Gasteiger partial charge in [-0.25, -0.2) is 4.68 Å². The van der Waals surface area contributed by atoms with Crippen molar-refractivity contribution in [3.63, 3.8) is 0 Å². The zero-order valence-corrected chi connectivity index (χ0v) is 16.8. The lowest BCUT2D eigenvalue weighted by atomic mass is 10.1. The van der Waals surface area contributed by atoms with Gasteiger partial charge in [-0.1, -0.05) is 47.7 Å². The summed E-state index contributed by atoms with van der Waals surface area (Å²) in [5.41, 5.74) is 3.15. The van der Waals surface area contributed by atoms with Crippen LogP contribution in [0.3, 0.4) is 0 Å². The Morgan fingerprint density at radius 3 is 2.68 bits per heavy atom. The number of aryl methyl sites for hydroxylation is 1. The monoisotopic (exact) mass is 392 g/mol. The summed E-state index contributed by atoms with van der Waals surface area (Å²) in [6, 6.07) is 18.7. The lowest BCUT2D eigenvalue weighted by molar-refractivity contribution is -0.130. The van der Waals surface area contributed by atoms with Gasteiger partial charge < -0.3 is 4.90 Å². The Balaban J connectivity index is 1.32. The van der Waals surface area contributed by atoms with Crippen LogP contribution in [0.25, 0.3) is 11.3 Å². The fraction of sp³-hybridized carbons (Fsp3) is 0.318. The van der Waals surface area contributed by atoms with Gasteiger partial charge in [0.05, 0.1) is 12.2 Å². The highest BCUT2D eigenvalue weighted by molar-refractivity contribution is 7.98. The second kappa shape index (κ2) is 8.61. The molecule has 5 nitrogen and oxygen atoms in total. The molecule has 144 valence electrons. The van der Waals surface area contributed by atoms with Crippen molar-refractivity contribution >= 4 is 17.7 Å². The number of carbonyl (C=O) groups excluding carboxylic acids is 1. The standard InChI is InChI=1S/C22H24N4OS/c1-28-20-10-7-17(8-11-20)9-12-22(27)25-14-13-19(15-25)26-16-21(23-24-26)18-5-3-2-4-6-18/h2-8,10-11,16,19H,9,12-15H2,1H3/t19-/m0/s1. The minimum Gasteiger partial charge on any atom is -0.340 e. The first kappa shape index (κ1) is 18.7. The number of hydrogen-bond acceptors (Lipinski definition) is 4. The summed E-state index contributed by atoms with van der Waals surface area (Å²) in [5, 5.41) is 8.60. The maximum Gasteiger partial charge on any atom is 0.222 e. The van der Waals surface area contributed by atoms with Crippen molar-refractivity contribution in [2.24, 2.45) is 0 Å². The van der Waals surface area contributed by atoms with Crippen LogP contribution in [0.1, 0.15) is 24.4 Å². The number of benzene rings is 2. The highest BCUT2D eigenvalue weighted by Gasteiger charge is 2.28. The van der Waals surface area contributed by atoms with E-state index >= 15 is 0 Å². The third kappa shape index (κ3) is 4.28. The second-order valence-corrected chi connectivity index (χ2v) is 7.96. The van der Waals surface area contributed by atoms with E-state index in [0.717, 1.165) is 30.6 Å². The zero-order chi connectivity index (χ0) is 19.3. The fourth-order valence-electron chi connectivity index (χ4n) is 3.58. The molecule has 0 saturated carbocycles. The first-order chi connectivity index (χ1) is 13.7. The highest BCUT2D eigenvalue weighted by atomic mass is 32.2. The molecule has 2 heterocycles. The Labute approximate surface area is 169 Å². The Morgan fingerprint density at radius 2 is 1.93 bits per heavy atom. The summed E-state index contributed by atoms with van der Waals surface area (Å²) < 4.78 is 1.91. The number of aromatic nitrogens is 3. The van der Waals surface area contributed by atoms with Gasteiger partial charge >= 0.3 is 0 Å². The molecule has 6 heteroatoms. The average Bonchev–Trinajstić information content (AvgIpc) is 3.43. The molecule has 1 aromatic heterocycles. The van der Waals surface area contributed by atoms with E-state index in [2.05, 4.69) is 40.8 Å². The van der Waals surface area contributed by atoms with Crippen LogP contribution in [0.2, 0.25) is 0 Å². The van der Waals surface area contributed by atoms with Crippen LogP contribution in [-0.2, 0) is 11.2 Å². The van der Waals surface area contributed by atoms with Gasteiger partial charge in [-0.2, -0.15) is 0 Å². The van der Waals surface area contributed by atoms with Crippen molar-refractivity contribution in [1.29, 1.82) is 0 Å². The predicted octanol–water partition coefficient (Wildman–Crippen LogP) is 4.07. The van der Waals surface area contributed by atoms with E-state index in [-0.39, 0.29) is 11.9 Å². The molecule has 1 amide bonds. The highest BCUT2D eigenvalue weighted by Crippen LogP contribution is 2.24. The maximum atomic E-state index is 12.6. The molecule has 2 aromatic carbocycles. The SMILES string of the molecule is CSc1ccc(CCC(=O)N2CC[C@H](n3cc(-c4ccccc4)nn3)C2)cc1. The smallest absolute Gasteiger partial charge is 0.222 e. The van der Waals surface area contributed by atoms with E-state index < -0.39 is 0 Å². The molecule has 0 spiro atoms. The molecule has 3 aromatic rings. The van der Waals surface area contributed by atoms with Gasteiger partial charge in [0.15, 0.2) is 0 Å². The van der Waals surface area contributed by atoms with Gasteiger partial charge in [-0.15, -0.1) is 16.9 Å². The number of rotatable bonds is 6. The van der Waals surface area contributed by atoms with Gasteiger partial charge in [-0.3, -0.25) is 4.79 Å². The molecule has 1 aliphatic heterocycles. The van der Waals surface area contributed by atoms with Crippen LogP contribution in [0, 0.1) is 0 Å². The molecule has 4 rings (SSSR count). The van der Waals surface area contributed by atoms with Gasteiger partial charge in [0, 0.05) is 30.0 Å². The quantitative estimate of drug-likeness (QED) is 0.593. The van der Waals surface area contributed by atoms with Crippen LogP contribution < -0.4 is 0 Å². The molecular formula is C22H24N4OS. The Morgan fingerprint density at radius 1 is 1.14 bits per heavy atom. The largest absolute Gasteiger partial charge is 0.340 e. The summed E-state index contributed by atoms with van der Waals surface area (Å²) in [4.78, 5) is 15.8. The summed E-state index contributed by atoms with van der Waals surface area (Å²) in [6.07, 6.45) is 6.32. The molecule has 0 N–H and O–H groups in total. The number of amides is 1. The van der Waals surface area contributed by atoms with E-state index in [1.54, 1.807) is 11.8 Å². The average molecular weight is 393 g/mol. The first-order valence-electron chi connectivity index (χ1n) is 9.61.